The highest BCUT2D eigenvalue weighted by Gasteiger charge is 2.23. The third kappa shape index (κ3) is 5.99. The first kappa shape index (κ1) is 12.8. The average Bonchev–Trinajstić information content (AvgIpc) is 1.99. The highest BCUT2D eigenvalue weighted by molar-refractivity contribution is 8.01. The fourth-order valence-electron chi connectivity index (χ4n) is 1.26. The normalized spacial score (nSPS) is 16.3. The summed E-state index contributed by atoms with van der Waals surface area (Å²) in [5.74, 6) is 0.513. The van der Waals surface area contributed by atoms with Crippen LogP contribution in [0.15, 0.2) is 0 Å². The molecular formula is C11H21NS. The number of hydrogen-bond donors (Lipinski definition) is 0. The predicted octanol–water partition coefficient (Wildman–Crippen LogP) is 3.85. The smallest absolute Gasteiger partial charge is 0.0947 e. The summed E-state index contributed by atoms with van der Waals surface area (Å²) in [6, 6.07) is 2.41. The summed E-state index contributed by atoms with van der Waals surface area (Å²) in [4.78, 5) is 0. The van der Waals surface area contributed by atoms with E-state index in [2.05, 4.69) is 40.7 Å². The predicted molar refractivity (Wildman–Crippen MR) is 60.8 cm³/mol. The van der Waals surface area contributed by atoms with Crippen LogP contribution in [0.4, 0.5) is 0 Å². The van der Waals surface area contributed by atoms with Gasteiger partial charge in [0.05, 0.1) is 11.3 Å². The van der Waals surface area contributed by atoms with Crippen molar-refractivity contribution in [2.75, 3.05) is 0 Å². The summed E-state index contributed by atoms with van der Waals surface area (Å²) >= 11 is 1.79. The van der Waals surface area contributed by atoms with Crippen LogP contribution in [0.1, 0.15) is 47.5 Å². The molecule has 0 aliphatic heterocycles. The Labute approximate surface area is 86.9 Å². The van der Waals surface area contributed by atoms with E-state index in [1.54, 1.807) is 11.8 Å². The van der Waals surface area contributed by atoms with Gasteiger partial charge < -0.3 is 0 Å². The molecule has 0 aromatic rings. The van der Waals surface area contributed by atoms with Crippen molar-refractivity contribution < 1.29 is 0 Å². The van der Waals surface area contributed by atoms with Crippen molar-refractivity contribution in [3.63, 3.8) is 0 Å². The largest absolute Gasteiger partial charge is 0.197 e. The van der Waals surface area contributed by atoms with Crippen molar-refractivity contribution in [3.8, 4) is 6.07 Å². The lowest BCUT2D eigenvalue weighted by Gasteiger charge is -2.25. The van der Waals surface area contributed by atoms with Gasteiger partial charge in [-0.2, -0.15) is 5.26 Å². The molecule has 0 radical (unpaired) electrons. The van der Waals surface area contributed by atoms with Gasteiger partial charge in [-0.25, -0.2) is 0 Å². The van der Waals surface area contributed by atoms with E-state index < -0.39 is 0 Å². The Balaban J connectivity index is 4.12. The molecule has 0 fully saturated rings. The SMILES string of the molecule is CCCC(C)C(C#N)SC(C)(C)C. The van der Waals surface area contributed by atoms with Gasteiger partial charge in [0.2, 0.25) is 0 Å². The van der Waals surface area contributed by atoms with Gasteiger partial charge in [0.1, 0.15) is 0 Å². The fourth-order valence-corrected chi connectivity index (χ4v) is 2.44. The molecule has 2 unspecified atom stereocenters. The Hall–Kier alpha value is -0.160. The second-order valence-corrected chi connectivity index (χ2v) is 6.51. The number of nitriles is 1. The third-order valence-electron chi connectivity index (χ3n) is 1.87. The Bertz CT molecular complexity index is 176. The van der Waals surface area contributed by atoms with Crippen molar-refractivity contribution in [3.05, 3.63) is 0 Å². The molecule has 0 aliphatic carbocycles. The van der Waals surface area contributed by atoms with E-state index in [0.717, 1.165) is 6.42 Å². The van der Waals surface area contributed by atoms with Gasteiger partial charge in [-0.3, -0.25) is 0 Å². The minimum absolute atomic E-state index is 0.153. The summed E-state index contributed by atoms with van der Waals surface area (Å²) < 4.78 is 0.197. The molecule has 0 amide bonds. The van der Waals surface area contributed by atoms with Crippen LogP contribution in [-0.4, -0.2) is 10.00 Å². The molecule has 0 aromatic heterocycles. The van der Waals surface area contributed by atoms with Gasteiger partial charge in [0.15, 0.2) is 0 Å². The molecule has 13 heavy (non-hydrogen) atoms. The minimum atomic E-state index is 0.153. The van der Waals surface area contributed by atoms with Gasteiger partial charge in [-0.15, -0.1) is 11.8 Å². The third-order valence-corrected chi connectivity index (χ3v) is 3.40. The minimum Gasteiger partial charge on any atom is -0.197 e. The average molecular weight is 199 g/mol. The van der Waals surface area contributed by atoms with Crippen LogP contribution in [-0.2, 0) is 0 Å². The highest BCUT2D eigenvalue weighted by atomic mass is 32.2. The van der Waals surface area contributed by atoms with E-state index in [4.69, 9.17) is 5.26 Å². The molecule has 0 saturated carbocycles. The monoisotopic (exact) mass is 199 g/mol. The summed E-state index contributed by atoms with van der Waals surface area (Å²) in [6.45, 7) is 10.9. The number of hydrogen-bond acceptors (Lipinski definition) is 2. The zero-order valence-corrected chi connectivity index (χ0v) is 10.2. The molecule has 0 bridgehead atoms. The quantitative estimate of drug-likeness (QED) is 0.686. The van der Waals surface area contributed by atoms with Crippen LogP contribution in [0.25, 0.3) is 0 Å². The maximum atomic E-state index is 9.02. The van der Waals surface area contributed by atoms with Crippen LogP contribution in [0, 0.1) is 17.2 Å². The Kier molecular flexibility index (Phi) is 5.48. The van der Waals surface area contributed by atoms with E-state index >= 15 is 0 Å². The van der Waals surface area contributed by atoms with Gasteiger partial charge in [-0.1, -0.05) is 41.0 Å². The Morgan fingerprint density at radius 2 is 1.92 bits per heavy atom. The van der Waals surface area contributed by atoms with Crippen LogP contribution in [0.3, 0.4) is 0 Å². The van der Waals surface area contributed by atoms with E-state index in [0.29, 0.717) is 5.92 Å². The zero-order valence-electron chi connectivity index (χ0n) is 9.42. The van der Waals surface area contributed by atoms with Crippen molar-refractivity contribution in [1.82, 2.24) is 0 Å². The summed E-state index contributed by atoms with van der Waals surface area (Å²) in [5.41, 5.74) is 0. The second-order valence-electron chi connectivity index (χ2n) is 4.55. The van der Waals surface area contributed by atoms with Crippen LogP contribution in [0.5, 0.6) is 0 Å². The van der Waals surface area contributed by atoms with Crippen molar-refractivity contribution >= 4 is 11.8 Å². The van der Waals surface area contributed by atoms with Crippen molar-refractivity contribution in [1.29, 1.82) is 5.26 Å². The van der Waals surface area contributed by atoms with Gasteiger partial charge in [0.25, 0.3) is 0 Å². The maximum Gasteiger partial charge on any atom is 0.0947 e. The van der Waals surface area contributed by atoms with Crippen molar-refractivity contribution in [2.45, 2.75) is 57.5 Å². The van der Waals surface area contributed by atoms with Crippen LogP contribution >= 0.6 is 11.8 Å². The lowest BCUT2D eigenvalue weighted by Crippen LogP contribution is -2.20. The number of thioether (sulfide) groups is 1. The van der Waals surface area contributed by atoms with Crippen LogP contribution in [0.2, 0.25) is 0 Å². The van der Waals surface area contributed by atoms with Crippen molar-refractivity contribution in [2.24, 2.45) is 5.92 Å². The fraction of sp³-hybridized carbons (Fsp3) is 0.909. The lowest BCUT2D eigenvalue weighted by molar-refractivity contribution is 0.543. The summed E-state index contributed by atoms with van der Waals surface area (Å²) in [5, 5.41) is 9.17. The molecule has 0 rings (SSSR count). The van der Waals surface area contributed by atoms with E-state index in [1.807, 2.05) is 0 Å². The van der Waals surface area contributed by atoms with Gasteiger partial charge >= 0.3 is 0 Å². The highest BCUT2D eigenvalue weighted by Crippen LogP contribution is 2.33. The number of nitrogens with zero attached hydrogens (tertiary/aromatic N) is 1. The van der Waals surface area contributed by atoms with Crippen LogP contribution < -0.4 is 0 Å². The molecule has 76 valence electrons. The molecule has 2 heteroatoms. The zero-order chi connectivity index (χ0) is 10.5. The second kappa shape index (κ2) is 5.54. The van der Waals surface area contributed by atoms with E-state index in [-0.39, 0.29) is 10.00 Å². The van der Waals surface area contributed by atoms with E-state index in [1.165, 1.54) is 6.42 Å². The molecule has 0 saturated heterocycles. The van der Waals surface area contributed by atoms with E-state index in [9.17, 15) is 0 Å². The standard InChI is InChI=1S/C11H21NS/c1-6-7-9(2)10(8-12)13-11(3,4)5/h9-10H,6-7H2,1-5H3. The molecular weight excluding hydrogens is 178 g/mol. The molecule has 0 aromatic carbocycles. The maximum absolute atomic E-state index is 9.02. The molecule has 2 atom stereocenters. The first-order chi connectivity index (χ1) is 5.90. The first-order valence-corrected chi connectivity index (χ1v) is 5.86. The van der Waals surface area contributed by atoms with Gasteiger partial charge in [-0.05, 0) is 12.3 Å². The molecule has 0 N–H and O–H groups in total. The van der Waals surface area contributed by atoms with Gasteiger partial charge in [0, 0.05) is 4.75 Å². The first-order valence-electron chi connectivity index (χ1n) is 4.98. The summed E-state index contributed by atoms with van der Waals surface area (Å²) in [7, 11) is 0. The Morgan fingerprint density at radius 1 is 1.38 bits per heavy atom. The molecule has 0 aliphatic rings. The molecule has 1 nitrogen and oxygen atoms in total. The number of rotatable bonds is 4. The summed E-state index contributed by atoms with van der Waals surface area (Å²) in [6.07, 6.45) is 2.32. The topological polar surface area (TPSA) is 23.8 Å². The Morgan fingerprint density at radius 3 is 2.23 bits per heavy atom. The molecule has 0 heterocycles. The molecule has 0 spiro atoms. The lowest BCUT2D eigenvalue weighted by atomic mass is 10.0.